The Kier molecular flexibility index (Phi) is 3.78. The second-order valence-corrected chi connectivity index (χ2v) is 3.82. The van der Waals surface area contributed by atoms with Crippen LogP contribution in [-0.4, -0.2) is 13.0 Å². The van der Waals surface area contributed by atoms with Gasteiger partial charge in [0.1, 0.15) is 0 Å². The van der Waals surface area contributed by atoms with Crippen LogP contribution < -0.4 is 5.32 Å². The van der Waals surface area contributed by atoms with E-state index in [4.69, 9.17) is 23.2 Å². The molecule has 4 heteroatoms. The highest BCUT2D eigenvalue weighted by Crippen LogP contribution is 2.26. The van der Waals surface area contributed by atoms with E-state index in [2.05, 4.69) is 5.32 Å². The fraction of sp³-hybridized carbons (Fsp3) is 0.300. The first-order chi connectivity index (χ1) is 6.56. The molecule has 0 radical (unpaired) electrons. The van der Waals surface area contributed by atoms with Gasteiger partial charge in [0.15, 0.2) is 0 Å². The third-order valence-electron chi connectivity index (χ3n) is 2.08. The van der Waals surface area contributed by atoms with Crippen LogP contribution in [0.2, 0.25) is 10.0 Å². The zero-order chi connectivity index (χ0) is 10.7. The predicted octanol–water partition coefficient (Wildman–Crippen LogP) is 2.84. The summed E-state index contributed by atoms with van der Waals surface area (Å²) in [4.78, 5) is 11.3. The van der Waals surface area contributed by atoms with Crippen molar-refractivity contribution < 1.29 is 4.79 Å². The van der Waals surface area contributed by atoms with Crippen LogP contribution in [0.15, 0.2) is 18.2 Å². The quantitative estimate of drug-likeness (QED) is 0.834. The van der Waals surface area contributed by atoms with Gasteiger partial charge in [0.25, 0.3) is 0 Å². The van der Waals surface area contributed by atoms with Crippen LogP contribution in [0.4, 0.5) is 0 Å². The molecule has 1 aromatic rings. The zero-order valence-electron chi connectivity index (χ0n) is 7.97. The van der Waals surface area contributed by atoms with Crippen molar-refractivity contribution in [1.82, 2.24) is 5.32 Å². The van der Waals surface area contributed by atoms with Gasteiger partial charge in [-0.15, -0.1) is 0 Å². The van der Waals surface area contributed by atoms with Crippen LogP contribution in [0.1, 0.15) is 18.4 Å². The molecule has 0 fully saturated rings. The number of amides is 1. The third kappa shape index (κ3) is 2.40. The van der Waals surface area contributed by atoms with Crippen LogP contribution in [0, 0.1) is 0 Å². The molecule has 1 atom stereocenters. The fourth-order valence-electron chi connectivity index (χ4n) is 1.15. The summed E-state index contributed by atoms with van der Waals surface area (Å²) in [5, 5.41) is 3.55. The number of hydrogen-bond donors (Lipinski definition) is 1. The Morgan fingerprint density at radius 1 is 1.36 bits per heavy atom. The van der Waals surface area contributed by atoms with Gasteiger partial charge in [-0.3, -0.25) is 4.79 Å². The second kappa shape index (κ2) is 4.67. The maximum absolute atomic E-state index is 11.3. The number of carbonyl (C=O) groups is 1. The number of halogens is 2. The topological polar surface area (TPSA) is 29.1 Å². The molecule has 0 aliphatic rings. The lowest BCUT2D eigenvalue weighted by atomic mass is 10.0. The highest BCUT2D eigenvalue weighted by atomic mass is 35.5. The second-order valence-electron chi connectivity index (χ2n) is 3.01. The molecule has 0 saturated carbocycles. The molecule has 14 heavy (non-hydrogen) atoms. The van der Waals surface area contributed by atoms with Crippen molar-refractivity contribution in [1.29, 1.82) is 0 Å². The molecule has 0 aliphatic carbocycles. The normalized spacial score (nSPS) is 12.3. The van der Waals surface area contributed by atoms with E-state index in [-0.39, 0.29) is 11.8 Å². The number of hydrogen-bond acceptors (Lipinski definition) is 1. The van der Waals surface area contributed by atoms with E-state index < -0.39 is 0 Å². The van der Waals surface area contributed by atoms with Gasteiger partial charge in [-0.25, -0.2) is 0 Å². The Balaban J connectivity index is 2.96. The van der Waals surface area contributed by atoms with Crippen molar-refractivity contribution in [3.05, 3.63) is 33.8 Å². The molecule has 1 unspecified atom stereocenters. The van der Waals surface area contributed by atoms with Crippen molar-refractivity contribution in [2.24, 2.45) is 0 Å². The number of likely N-dealkylation sites (N-methyl/N-ethyl adjacent to an activating group) is 1. The summed E-state index contributed by atoms with van der Waals surface area (Å²) < 4.78 is 0. The Labute approximate surface area is 93.2 Å². The standard InChI is InChI=1S/C10H11Cl2NO/c1-6(10(14)13-2)7-3-4-8(11)9(12)5-7/h3-6H,1-2H3,(H,13,14). The van der Waals surface area contributed by atoms with Crippen LogP contribution >= 0.6 is 23.2 Å². The lowest BCUT2D eigenvalue weighted by Gasteiger charge is -2.10. The average molecular weight is 232 g/mol. The lowest BCUT2D eigenvalue weighted by molar-refractivity contribution is -0.121. The molecule has 1 amide bonds. The summed E-state index contributed by atoms with van der Waals surface area (Å²) in [7, 11) is 1.61. The smallest absolute Gasteiger partial charge is 0.227 e. The van der Waals surface area contributed by atoms with E-state index in [1.807, 2.05) is 6.92 Å². The maximum Gasteiger partial charge on any atom is 0.227 e. The summed E-state index contributed by atoms with van der Waals surface area (Å²) in [6, 6.07) is 5.20. The van der Waals surface area contributed by atoms with Crippen molar-refractivity contribution >= 4 is 29.1 Å². The molecule has 1 N–H and O–H groups in total. The van der Waals surface area contributed by atoms with E-state index in [1.165, 1.54) is 0 Å². The van der Waals surface area contributed by atoms with Gasteiger partial charge in [-0.2, -0.15) is 0 Å². The summed E-state index contributed by atoms with van der Waals surface area (Å²) in [5.41, 5.74) is 0.860. The third-order valence-corrected chi connectivity index (χ3v) is 2.82. The highest BCUT2D eigenvalue weighted by molar-refractivity contribution is 6.42. The van der Waals surface area contributed by atoms with Crippen LogP contribution in [-0.2, 0) is 4.79 Å². The minimum atomic E-state index is -0.213. The van der Waals surface area contributed by atoms with E-state index in [9.17, 15) is 4.79 Å². The maximum atomic E-state index is 11.3. The van der Waals surface area contributed by atoms with Gasteiger partial charge < -0.3 is 5.32 Å². The molecule has 1 rings (SSSR count). The van der Waals surface area contributed by atoms with E-state index in [0.717, 1.165) is 5.56 Å². The van der Waals surface area contributed by atoms with Crippen LogP contribution in [0.5, 0.6) is 0 Å². The van der Waals surface area contributed by atoms with Gasteiger partial charge in [0.05, 0.1) is 16.0 Å². The van der Waals surface area contributed by atoms with Gasteiger partial charge >= 0.3 is 0 Å². The molecule has 0 spiro atoms. The summed E-state index contributed by atoms with van der Waals surface area (Å²) >= 11 is 11.6. The molecule has 0 heterocycles. The highest BCUT2D eigenvalue weighted by Gasteiger charge is 2.14. The number of carbonyl (C=O) groups excluding carboxylic acids is 1. The number of rotatable bonds is 2. The molecule has 0 aliphatic heterocycles. The zero-order valence-corrected chi connectivity index (χ0v) is 9.49. The monoisotopic (exact) mass is 231 g/mol. The largest absolute Gasteiger partial charge is 0.359 e. The first-order valence-corrected chi connectivity index (χ1v) is 4.98. The van der Waals surface area contributed by atoms with Crippen LogP contribution in [0.25, 0.3) is 0 Å². The Morgan fingerprint density at radius 2 is 2.00 bits per heavy atom. The summed E-state index contributed by atoms with van der Waals surface area (Å²) in [6.07, 6.45) is 0. The minimum absolute atomic E-state index is 0.0385. The average Bonchev–Trinajstić information content (AvgIpc) is 2.20. The molecule has 0 aromatic heterocycles. The van der Waals surface area contributed by atoms with Crippen molar-refractivity contribution in [3.8, 4) is 0 Å². The van der Waals surface area contributed by atoms with Crippen molar-refractivity contribution in [2.75, 3.05) is 7.05 Å². The molecule has 76 valence electrons. The van der Waals surface area contributed by atoms with Gasteiger partial charge in [0.2, 0.25) is 5.91 Å². The van der Waals surface area contributed by atoms with Crippen molar-refractivity contribution in [3.63, 3.8) is 0 Å². The molecular weight excluding hydrogens is 221 g/mol. The molecule has 2 nitrogen and oxygen atoms in total. The molecule has 1 aromatic carbocycles. The number of nitrogens with one attached hydrogen (secondary N) is 1. The molecule has 0 bridgehead atoms. The summed E-state index contributed by atoms with van der Waals surface area (Å²) in [5.74, 6) is -0.252. The Hall–Kier alpha value is -0.730. The minimum Gasteiger partial charge on any atom is -0.359 e. The first-order valence-electron chi connectivity index (χ1n) is 4.22. The Bertz CT molecular complexity index is 352. The first kappa shape index (κ1) is 11.3. The lowest BCUT2D eigenvalue weighted by Crippen LogP contribution is -2.23. The van der Waals surface area contributed by atoms with E-state index >= 15 is 0 Å². The van der Waals surface area contributed by atoms with E-state index in [0.29, 0.717) is 10.0 Å². The Morgan fingerprint density at radius 3 is 2.50 bits per heavy atom. The summed E-state index contributed by atoms with van der Waals surface area (Å²) in [6.45, 7) is 1.82. The van der Waals surface area contributed by atoms with Crippen LogP contribution in [0.3, 0.4) is 0 Å². The van der Waals surface area contributed by atoms with Gasteiger partial charge in [-0.05, 0) is 24.6 Å². The van der Waals surface area contributed by atoms with Crippen molar-refractivity contribution in [2.45, 2.75) is 12.8 Å². The predicted molar refractivity (Wildman–Crippen MR) is 58.9 cm³/mol. The number of benzene rings is 1. The fourth-order valence-corrected chi connectivity index (χ4v) is 1.46. The van der Waals surface area contributed by atoms with Gasteiger partial charge in [-0.1, -0.05) is 29.3 Å². The molecule has 0 saturated heterocycles. The van der Waals surface area contributed by atoms with E-state index in [1.54, 1.807) is 25.2 Å². The SMILES string of the molecule is CNC(=O)C(C)c1ccc(Cl)c(Cl)c1. The van der Waals surface area contributed by atoms with Gasteiger partial charge in [0, 0.05) is 7.05 Å². The molecular formula is C10H11Cl2NO.